The molecule has 0 saturated heterocycles. The second-order valence-electron chi connectivity index (χ2n) is 6.34. The smallest absolute Gasteiger partial charge is 0.196 e. The van der Waals surface area contributed by atoms with Gasteiger partial charge in [-0.05, 0) is 63.8 Å². The lowest BCUT2D eigenvalue weighted by Crippen LogP contribution is -2.20. The molecule has 0 aliphatic carbocycles. The van der Waals surface area contributed by atoms with Crippen LogP contribution in [0.3, 0.4) is 0 Å². The van der Waals surface area contributed by atoms with Gasteiger partial charge in [0.05, 0.1) is 6.04 Å². The molecule has 0 N–H and O–H groups in total. The molecule has 0 saturated carbocycles. The van der Waals surface area contributed by atoms with Gasteiger partial charge in [0, 0.05) is 28.4 Å². The topological polar surface area (TPSA) is 46.8 Å². The molecule has 1 aromatic carbocycles. The number of rotatable bonds is 6. The van der Waals surface area contributed by atoms with Crippen LogP contribution in [0.5, 0.6) is 0 Å². The van der Waals surface area contributed by atoms with E-state index in [4.69, 9.17) is 11.6 Å². The highest BCUT2D eigenvalue weighted by Gasteiger charge is 2.22. The van der Waals surface area contributed by atoms with E-state index in [1.165, 1.54) is 0 Å². The van der Waals surface area contributed by atoms with Crippen molar-refractivity contribution in [3.63, 3.8) is 0 Å². The van der Waals surface area contributed by atoms with Crippen molar-refractivity contribution in [3.8, 4) is 5.69 Å². The van der Waals surface area contributed by atoms with E-state index in [0.717, 1.165) is 22.2 Å². The van der Waals surface area contributed by atoms with Gasteiger partial charge in [0.2, 0.25) is 0 Å². The van der Waals surface area contributed by atoms with Gasteiger partial charge in [-0.15, -0.1) is 10.2 Å². The molecule has 0 radical (unpaired) electrons. The van der Waals surface area contributed by atoms with E-state index in [0.29, 0.717) is 5.02 Å². The molecule has 26 heavy (non-hydrogen) atoms. The summed E-state index contributed by atoms with van der Waals surface area (Å²) in [7, 11) is 4.08. The summed E-state index contributed by atoms with van der Waals surface area (Å²) in [6.07, 6.45) is 3.68. The lowest BCUT2D eigenvalue weighted by Gasteiger charge is -2.21. The molecule has 7 heteroatoms. The van der Waals surface area contributed by atoms with E-state index in [2.05, 4.69) is 44.6 Å². The van der Waals surface area contributed by atoms with Crippen LogP contribution in [0.2, 0.25) is 5.02 Å². The van der Waals surface area contributed by atoms with Crippen molar-refractivity contribution in [2.24, 2.45) is 0 Å². The third kappa shape index (κ3) is 4.09. The first-order valence-electron chi connectivity index (χ1n) is 8.41. The summed E-state index contributed by atoms with van der Waals surface area (Å²) in [6.45, 7) is 4.27. The van der Waals surface area contributed by atoms with Gasteiger partial charge in [0.15, 0.2) is 11.0 Å². The zero-order valence-corrected chi connectivity index (χ0v) is 16.9. The van der Waals surface area contributed by atoms with Gasteiger partial charge in [-0.2, -0.15) is 0 Å². The van der Waals surface area contributed by atoms with Crippen molar-refractivity contribution in [1.29, 1.82) is 0 Å². The van der Waals surface area contributed by atoms with Gasteiger partial charge in [0.1, 0.15) is 0 Å². The van der Waals surface area contributed by atoms with Gasteiger partial charge in [-0.3, -0.25) is 14.5 Å². The molecule has 0 aliphatic heterocycles. The summed E-state index contributed by atoms with van der Waals surface area (Å²) in [5, 5.41) is 10.7. The normalized spacial score (nSPS) is 13.8. The number of nitrogens with zero attached hydrogens (tertiary/aromatic N) is 5. The van der Waals surface area contributed by atoms with Gasteiger partial charge < -0.3 is 0 Å². The molecule has 0 spiro atoms. The molecule has 0 bridgehead atoms. The Morgan fingerprint density at radius 2 is 1.81 bits per heavy atom. The Morgan fingerprint density at radius 1 is 1.08 bits per heavy atom. The molecule has 2 aromatic heterocycles. The zero-order valence-electron chi connectivity index (χ0n) is 15.3. The maximum Gasteiger partial charge on any atom is 0.196 e. The first-order valence-corrected chi connectivity index (χ1v) is 9.67. The third-order valence-electron chi connectivity index (χ3n) is 4.33. The quantitative estimate of drug-likeness (QED) is 0.569. The van der Waals surface area contributed by atoms with Crippen LogP contribution in [0.4, 0.5) is 0 Å². The van der Waals surface area contributed by atoms with Crippen LogP contribution in [-0.4, -0.2) is 38.7 Å². The molecule has 136 valence electrons. The summed E-state index contributed by atoms with van der Waals surface area (Å²) in [5.74, 6) is 0.901. The van der Waals surface area contributed by atoms with Gasteiger partial charge in [0.25, 0.3) is 0 Å². The molecular weight excluding hydrogens is 366 g/mol. The number of benzene rings is 1. The summed E-state index contributed by atoms with van der Waals surface area (Å²) >= 11 is 7.74. The Morgan fingerprint density at radius 3 is 2.42 bits per heavy atom. The Kier molecular flexibility index (Phi) is 5.96. The second-order valence-corrected chi connectivity index (χ2v) is 8.08. The zero-order chi connectivity index (χ0) is 18.7. The predicted octanol–water partition coefficient (Wildman–Crippen LogP) is 4.79. The fourth-order valence-corrected chi connectivity index (χ4v) is 3.64. The molecule has 2 atom stereocenters. The lowest BCUT2D eigenvalue weighted by atomic mass is 10.2. The molecule has 0 fully saturated rings. The fraction of sp³-hybridized carbons (Fsp3) is 0.316. The van der Waals surface area contributed by atoms with Crippen molar-refractivity contribution in [2.75, 3.05) is 14.1 Å². The lowest BCUT2D eigenvalue weighted by molar-refractivity contribution is 0.305. The number of thioether (sulfide) groups is 1. The second kappa shape index (κ2) is 8.20. The molecule has 2 unspecified atom stereocenters. The Balaban J connectivity index is 2.01. The van der Waals surface area contributed by atoms with Crippen LogP contribution in [0.1, 0.15) is 36.5 Å². The maximum atomic E-state index is 6.07. The third-order valence-corrected chi connectivity index (χ3v) is 5.68. The fourth-order valence-electron chi connectivity index (χ4n) is 2.53. The highest BCUT2D eigenvalue weighted by atomic mass is 35.5. The average molecular weight is 388 g/mol. The minimum Gasteiger partial charge on any atom is -0.300 e. The SMILES string of the molecule is CC(Sc1nnc(C(C)N(C)C)n1-c1ccc(Cl)cc1)c1cccnc1. The summed E-state index contributed by atoms with van der Waals surface area (Å²) in [5.41, 5.74) is 2.16. The van der Waals surface area contributed by atoms with Crippen molar-refractivity contribution >= 4 is 23.4 Å². The van der Waals surface area contributed by atoms with Crippen molar-refractivity contribution < 1.29 is 0 Å². The Bertz CT molecular complexity index is 848. The number of hydrogen-bond donors (Lipinski definition) is 0. The first-order chi connectivity index (χ1) is 12.5. The molecule has 3 aromatic rings. The standard InChI is InChI=1S/C19H22ClN5S/c1-13(24(3)4)18-22-23-19(25(18)17-9-7-16(20)8-10-17)26-14(2)15-6-5-11-21-12-15/h5-14H,1-4H3. The number of hydrogen-bond acceptors (Lipinski definition) is 5. The van der Waals surface area contributed by atoms with E-state index in [1.807, 2.05) is 50.6 Å². The van der Waals surface area contributed by atoms with Gasteiger partial charge >= 0.3 is 0 Å². The molecule has 5 nitrogen and oxygen atoms in total. The number of pyridine rings is 1. The monoisotopic (exact) mass is 387 g/mol. The summed E-state index contributed by atoms with van der Waals surface area (Å²) < 4.78 is 2.11. The highest BCUT2D eigenvalue weighted by Crippen LogP contribution is 2.36. The molecule has 0 amide bonds. The van der Waals surface area contributed by atoms with Gasteiger partial charge in [-0.25, -0.2) is 0 Å². The van der Waals surface area contributed by atoms with Crippen LogP contribution in [0, 0.1) is 0 Å². The van der Waals surface area contributed by atoms with Gasteiger partial charge in [-0.1, -0.05) is 29.4 Å². The minimum absolute atomic E-state index is 0.126. The van der Waals surface area contributed by atoms with Crippen LogP contribution in [0.25, 0.3) is 5.69 Å². The molecular formula is C19H22ClN5S. The Hall–Kier alpha value is -1.89. The van der Waals surface area contributed by atoms with E-state index in [1.54, 1.807) is 18.0 Å². The van der Waals surface area contributed by atoms with Crippen molar-refractivity contribution in [3.05, 3.63) is 65.2 Å². The maximum absolute atomic E-state index is 6.07. The van der Waals surface area contributed by atoms with E-state index in [-0.39, 0.29) is 11.3 Å². The van der Waals surface area contributed by atoms with E-state index >= 15 is 0 Å². The average Bonchev–Trinajstić information content (AvgIpc) is 3.05. The van der Waals surface area contributed by atoms with E-state index < -0.39 is 0 Å². The van der Waals surface area contributed by atoms with Crippen LogP contribution >= 0.6 is 23.4 Å². The molecule has 3 rings (SSSR count). The molecule has 2 heterocycles. The predicted molar refractivity (Wildman–Crippen MR) is 107 cm³/mol. The minimum atomic E-state index is 0.126. The Labute approximate surface area is 163 Å². The van der Waals surface area contributed by atoms with E-state index in [9.17, 15) is 0 Å². The van der Waals surface area contributed by atoms with Crippen molar-refractivity contribution in [2.45, 2.75) is 30.3 Å². The number of halogens is 1. The largest absolute Gasteiger partial charge is 0.300 e. The summed E-state index contributed by atoms with van der Waals surface area (Å²) in [6, 6.07) is 11.9. The summed E-state index contributed by atoms with van der Waals surface area (Å²) in [4.78, 5) is 6.34. The van der Waals surface area contributed by atoms with Crippen molar-refractivity contribution in [1.82, 2.24) is 24.6 Å². The van der Waals surface area contributed by atoms with Crippen LogP contribution in [-0.2, 0) is 0 Å². The molecule has 0 aliphatic rings. The highest BCUT2D eigenvalue weighted by molar-refractivity contribution is 7.99. The van der Waals surface area contributed by atoms with Crippen LogP contribution in [0.15, 0.2) is 53.9 Å². The van der Waals surface area contributed by atoms with Crippen LogP contribution < -0.4 is 0 Å². The first kappa shape index (κ1) is 18.9. The number of aromatic nitrogens is 4.